The summed E-state index contributed by atoms with van der Waals surface area (Å²) in [5.74, 6) is 1.52. The van der Waals surface area contributed by atoms with Crippen LogP contribution in [0.5, 0.6) is 0 Å². The lowest BCUT2D eigenvalue weighted by molar-refractivity contribution is -0.132. The molecule has 0 spiro atoms. The highest BCUT2D eigenvalue weighted by Crippen LogP contribution is 2.26. The van der Waals surface area contributed by atoms with Gasteiger partial charge in [-0.15, -0.1) is 11.3 Å². The third kappa shape index (κ3) is 3.46. The van der Waals surface area contributed by atoms with Gasteiger partial charge in [0.1, 0.15) is 0 Å². The van der Waals surface area contributed by atoms with Crippen LogP contribution in [-0.2, 0) is 17.8 Å². The molecule has 0 aromatic carbocycles. The Balaban J connectivity index is 1.51. The molecule has 3 rings (SSSR count). The van der Waals surface area contributed by atoms with Crippen molar-refractivity contribution in [3.8, 4) is 0 Å². The van der Waals surface area contributed by atoms with E-state index in [1.165, 1.54) is 16.2 Å². The Bertz CT molecular complexity index is 502. The van der Waals surface area contributed by atoms with Crippen LogP contribution in [0, 0.1) is 0 Å². The van der Waals surface area contributed by atoms with Gasteiger partial charge >= 0.3 is 0 Å². The molecule has 0 bridgehead atoms. The van der Waals surface area contributed by atoms with Gasteiger partial charge in [0, 0.05) is 54.5 Å². The predicted molar refractivity (Wildman–Crippen MR) is 91.0 cm³/mol. The number of nitrogens with zero attached hydrogens (tertiary/aromatic N) is 2. The number of fused-ring (bicyclic) bond motifs is 1. The van der Waals surface area contributed by atoms with Crippen LogP contribution in [0.4, 0.5) is 0 Å². The number of hydrogen-bond acceptors (Lipinski definition) is 4. The second kappa shape index (κ2) is 6.71. The fraction of sp³-hybridized carbons (Fsp3) is 0.688. The van der Waals surface area contributed by atoms with E-state index in [0.717, 1.165) is 32.6 Å². The molecule has 0 N–H and O–H groups in total. The SMILES string of the molecule is C[C@H]1SCCN(CCC(=O)N2CCc3sccc3C2)[C@H]1C. The van der Waals surface area contributed by atoms with Crippen molar-refractivity contribution in [1.82, 2.24) is 9.80 Å². The topological polar surface area (TPSA) is 23.6 Å². The van der Waals surface area contributed by atoms with Crippen LogP contribution in [0.3, 0.4) is 0 Å². The number of amides is 1. The second-order valence-electron chi connectivity index (χ2n) is 6.04. The van der Waals surface area contributed by atoms with Crippen molar-refractivity contribution in [2.24, 2.45) is 0 Å². The molecule has 0 unspecified atom stereocenters. The molecule has 3 nitrogen and oxygen atoms in total. The monoisotopic (exact) mass is 324 g/mol. The number of thiophene rings is 1. The van der Waals surface area contributed by atoms with Crippen molar-refractivity contribution < 1.29 is 4.79 Å². The van der Waals surface area contributed by atoms with Crippen LogP contribution in [0.2, 0.25) is 0 Å². The lowest BCUT2D eigenvalue weighted by atomic mass is 10.1. The number of hydrogen-bond donors (Lipinski definition) is 0. The number of rotatable bonds is 3. The molecular weight excluding hydrogens is 300 g/mol. The van der Waals surface area contributed by atoms with E-state index < -0.39 is 0 Å². The highest BCUT2D eigenvalue weighted by molar-refractivity contribution is 8.00. The van der Waals surface area contributed by atoms with E-state index in [2.05, 4.69) is 30.2 Å². The molecule has 21 heavy (non-hydrogen) atoms. The van der Waals surface area contributed by atoms with Crippen molar-refractivity contribution in [3.63, 3.8) is 0 Å². The summed E-state index contributed by atoms with van der Waals surface area (Å²) in [5, 5.41) is 2.82. The molecule has 2 aliphatic heterocycles. The minimum absolute atomic E-state index is 0.324. The normalized spacial score (nSPS) is 26.7. The smallest absolute Gasteiger partial charge is 0.224 e. The first-order chi connectivity index (χ1) is 10.1. The first kappa shape index (κ1) is 15.4. The van der Waals surface area contributed by atoms with Crippen molar-refractivity contribution >= 4 is 29.0 Å². The zero-order valence-corrected chi connectivity index (χ0v) is 14.5. The molecule has 116 valence electrons. The molecule has 1 fully saturated rings. The third-order valence-corrected chi connectivity index (χ3v) is 7.15. The van der Waals surface area contributed by atoms with Crippen LogP contribution in [-0.4, -0.2) is 52.4 Å². The predicted octanol–water partition coefficient (Wildman–Crippen LogP) is 2.85. The number of carbonyl (C=O) groups excluding carboxylic acids is 1. The average Bonchev–Trinajstić information content (AvgIpc) is 2.96. The van der Waals surface area contributed by atoms with E-state index in [1.807, 2.05) is 28.0 Å². The largest absolute Gasteiger partial charge is 0.338 e. The molecule has 0 saturated carbocycles. The fourth-order valence-corrected chi connectivity index (χ4v) is 5.22. The first-order valence-corrected chi connectivity index (χ1v) is 9.76. The Morgan fingerprint density at radius 3 is 3.10 bits per heavy atom. The van der Waals surface area contributed by atoms with Gasteiger partial charge in [-0.1, -0.05) is 6.92 Å². The average molecular weight is 325 g/mol. The lowest BCUT2D eigenvalue weighted by Crippen LogP contribution is -2.46. The molecular formula is C16H24N2OS2. The highest BCUT2D eigenvalue weighted by atomic mass is 32.2. The fourth-order valence-electron chi connectivity index (χ4n) is 3.17. The Morgan fingerprint density at radius 2 is 2.24 bits per heavy atom. The molecule has 2 atom stereocenters. The quantitative estimate of drug-likeness (QED) is 0.854. The number of thioether (sulfide) groups is 1. The zero-order chi connectivity index (χ0) is 14.8. The summed E-state index contributed by atoms with van der Waals surface area (Å²) in [6.07, 6.45) is 1.70. The van der Waals surface area contributed by atoms with Crippen LogP contribution in [0.25, 0.3) is 0 Å². The van der Waals surface area contributed by atoms with Gasteiger partial charge in [0.25, 0.3) is 0 Å². The standard InChI is InChI=1S/C16H24N2OS2/c1-12-13(2)20-10-8-17(12)7-4-16(19)18-6-3-15-14(11-18)5-9-21-15/h5,9,12-13H,3-4,6-8,10-11H2,1-2H3/t12-,13+/m0/s1. The minimum atomic E-state index is 0.324. The van der Waals surface area contributed by atoms with Gasteiger partial charge in [0.15, 0.2) is 0 Å². The number of carbonyl (C=O) groups is 1. The molecule has 1 amide bonds. The van der Waals surface area contributed by atoms with Crippen molar-refractivity contribution in [2.75, 3.05) is 25.4 Å². The second-order valence-corrected chi connectivity index (χ2v) is 8.52. The van der Waals surface area contributed by atoms with Gasteiger partial charge in [0.05, 0.1) is 0 Å². The summed E-state index contributed by atoms with van der Waals surface area (Å²) in [6.45, 7) is 8.34. The van der Waals surface area contributed by atoms with Crippen LogP contribution in [0.1, 0.15) is 30.7 Å². The van der Waals surface area contributed by atoms with Gasteiger partial charge in [0.2, 0.25) is 5.91 Å². The van der Waals surface area contributed by atoms with E-state index in [0.29, 0.717) is 23.6 Å². The molecule has 1 saturated heterocycles. The third-order valence-electron chi connectivity index (χ3n) is 4.79. The molecule has 0 aliphatic carbocycles. The highest BCUT2D eigenvalue weighted by Gasteiger charge is 2.27. The van der Waals surface area contributed by atoms with Crippen molar-refractivity contribution in [1.29, 1.82) is 0 Å². The van der Waals surface area contributed by atoms with Crippen LogP contribution in [0.15, 0.2) is 11.4 Å². The van der Waals surface area contributed by atoms with E-state index >= 15 is 0 Å². The van der Waals surface area contributed by atoms with Crippen molar-refractivity contribution in [3.05, 3.63) is 21.9 Å². The Labute approximate surface area is 135 Å². The van der Waals surface area contributed by atoms with Crippen LogP contribution < -0.4 is 0 Å². The van der Waals surface area contributed by atoms with E-state index in [1.54, 1.807) is 0 Å². The molecule has 5 heteroatoms. The van der Waals surface area contributed by atoms with Gasteiger partial charge in [-0.2, -0.15) is 11.8 Å². The Kier molecular flexibility index (Phi) is 4.92. The van der Waals surface area contributed by atoms with Gasteiger partial charge in [-0.3, -0.25) is 9.69 Å². The molecule has 2 aliphatic rings. The lowest BCUT2D eigenvalue weighted by Gasteiger charge is -2.37. The maximum atomic E-state index is 12.5. The summed E-state index contributed by atoms with van der Waals surface area (Å²) < 4.78 is 0. The molecule has 1 aromatic rings. The molecule has 3 heterocycles. The maximum Gasteiger partial charge on any atom is 0.224 e. The van der Waals surface area contributed by atoms with Gasteiger partial charge < -0.3 is 4.90 Å². The minimum Gasteiger partial charge on any atom is -0.338 e. The van der Waals surface area contributed by atoms with E-state index in [-0.39, 0.29) is 0 Å². The summed E-state index contributed by atoms with van der Waals surface area (Å²) in [6, 6.07) is 2.76. The maximum absolute atomic E-state index is 12.5. The van der Waals surface area contributed by atoms with Gasteiger partial charge in [-0.05, 0) is 30.4 Å². The first-order valence-electron chi connectivity index (χ1n) is 7.84. The van der Waals surface area contributed by atoms with Gasteiger partial charge in [-0.25, -0.2) is 0 Å². The van der Waals surface area contributed by atoms with Crippen molar-refractivity contribution in [2.45, 2.75) is 44.5 Å². The summed E-state index contributed by atoms with van der Waals surface area (Å²) in [7, 11) is 0. The van der Waals surface area contributed by atoms with Crippen LogP contribution >= 0.6 is 23.1 Å². The zero-order valence-electron chi connectivity index (χ0n) is 12.9. The molecule has 0 radical (unpaired) electrons. The Morgan fingerprint density at radius 1 is 1.38 bits per heavy atom. The summed E-state index contributed by atoms with van der Waals surface area (Å²) >= 11 is 3.88. The van der Waals surface area contributed by atoms with E-state index in [4.69, 9.17) is 0 Å². The Hall–Kier alpha value is -0.520. The molecule has 1 aromatic heterocycles. The summed E-state index contributed by atoms with van der Waals surface area (Å²) in [4.78, 5) is 18.5. The van der Waals surface area contributed by atoms with E-state index in [9.17, 15) is 4.79 Å². The summed E-state index contributed by atoms with van der Waals surface area (Å²) in [5.41, 5.74) is 1.36.